The van der Waals surface area contributed by atoms with Crippen LogP contribution in [0.15, 0.2) is 54.6 Å². The minimum Gasteiger partial charge on any atom is -0.497 e. The summed E-state index contributed by atoms with van der Waals surface area (Å²) in [4.78, 5) is 37.3. The second-order valence-corrected chi connectivity index (χ2v) is 7.25. The van der Waals surface area contributed by atoms with Crippen molar-refractivity contribution in [1.82, 2.24) is 5.32 Å². The lowest BCUT2D eigenvalue weighted by Crippen LogP contribution is -2.47. The first-order valence-corrected chi connectivity index (χ1v) is 9.79. The Morgan fingerprint density at radius 2 is 1.57 bits per heavy atom. The first-order chi connectivity index (χ1) is 14.3. The molecule has 0 spiro atoms. The molecule has 2 N–H and O–H groups in total. The third-order valence-corrected chi connectivity index (χ3v) is 4.46. The zero-order chi connectivity index (χ0) is 22.1. The molecule has 7 nitrogen and oxygen atoms in total. The zero-order valence-corrected chi connectivity index (χ0v) is 17.7. The van der Waals surface area contributed by atoms with Gasteiger partial charge < -0.3 is 20.1 Å². The molecule has 0 saturated carbocycles. The molecule has 0 aliphatic heterocycles. The molecule has 160 valence electrons. The Bertz CT molecular complexity index is 850. The van der Waals surface area contributed by atoms with Crippen molar-refractivity contribution in [3.63, 3.8) is 0 Å². The number of ether oxygens (including phenoxy) is 2. The highest BCUT2D eigenvalue weighted by Crippen LogP contribution is 2.16. The summed E-state index contributed by atoms with van der Waals surface area (Å²) in [6.07, 6.45) is -0.864. The molecule has 0 aliphatic rings. The van der Waals surface area contributed by atoms with Gasteiger partial charge in [0.2, 0.25) is 5.91 Å². The van der Waals surface area contributed by atoms with E-state index in [0.29, 0.717) is 11.4 Å². The van der Waals surface area contributed by atoms with Gasteiger partial charge in [0.1, 0.15) is 11.8 Å². The molecule has 2 atom stereocenters. The van der Waals surface area contributed by atoms with Gasteiger partial charge in [-0.1, -0.05) is 44.2 Å². The van der Waals surface area contributed by atoms with Gasteiger partial charge in [0.25, 0.3) is 5.91 Å². The summed E-state index contributed by atoms with van der Waals surface area (Å²) in [5, 5.41) is 5.39. The van der Waals surface area contributed by atoms with Gasteiger partial charge in [-0.25, -0.2) is 4.79 Å². The monoisotopic (exact) mass is 412 g/mol. The molecule has 2 aromatic rings. The average molecular weight is 412 g/mol. The van der Waals surface area contributed by atoms with E-state index in [9.17, 15) is 14.4 Å². The molecule has 0 saturated heterocycles. The van der Waals surface area contributed by atoms with Crippen LogP contribution in [0.2, 0.25) is 0 Å². The number of nitrogens with one attached hydrogen (secondary N) is 2. The summed E-state index contributed by atoms with van der Waals surface area (Å²) >= 11 is 0. The number of hydrogen-bond donors (Lipinski definition) is 2. The van der Waals surface area contributed by atoms with E-state index in [1.165, 1.54) is 6.92 Å². The van der Waals surface area contributed by atoms with Crippen LogP contribution < -0.4 is 15.4 Å². The summed E-state index contributed by atoms with van der Waals surface area (Å²) < 4.78 is 10.4. The van der Waals surface area contributed by atoms with Crippen molar-refractivity contribution in [3.05, 3.63) is 60.2 Å². The Kier molecular flexibility index (Phi) is 8.41. The van der Waals surface area contributed by atoms with Gasteiger partial charge in [0.15, 0.2) is 6.10 Å². The Hall–Kier alpha value is -3.35. The van der Waals surface area contributed by atoms with Crippen molar-refractivity contribution in [2.75, 3.05) is 12.4 Å². The van der Waals surface area contributed by atoms with Crippen molar-refractivity contribution >= 4 is 23.5 Å². The van der Waals surface area contributed by atoms with Crippen molar-refractivity contribution in [2.45, 2.75) is 39.3 Å². The maximum atomic E-state index is 12.6. The number of benzene rings is 2. The molecular weight excluding hydrogens is 384 g/mol. The van der Waals surface area contributed by atoms with Gasteiger partial charge in [-0.15, -0.1) is 0 Å². The van der Waals surface area contributed by atoms with Crippen LogP contribution in [0.1, 0.15) is 26.3 Å². The van der Waals surface area contributed by atoms with Crippen molar-refractivity contribution < 1.29 is 23.9 Å². The minimum absolute atomic E-state index is 0.158. The summed E-state index contributed by atoms with van der Waals surface area (Å²) in [6, 6.07) is 15.2. The standard InChI is InChI=1S/C23H28N2O5/c1-15(2)21(25-20(26)14-17-8-6-5-7-9-17)23(28)30-16(3)22(27)24-18-10-12-19(29-4)13-11-18/h5-13,15-16,21H,14H2,1-4H3,(H,24,27)(H,25,26)/t16-,21-/m0/s1. The molecular formula is C23H28N2O5. The predicted octanol–water partition coefficient (Wildman–Crippen LogP) is 2.95. The van der Waals surface area contributed by atoms with E-state index < -0.39 is 24.0 Å². The molecule has 2 amide bonds. The fraction of sp³-hybridized carbons (Fsp3) is 0.348. The smallest absolute Gasteiger partial charge is 0.329 e. The highest BCUT2D eigenvalue weighted by atomic mass is 16.5. The summed E-state index contributed by atoms with van der Waals surface area (Å²) in [5.74, 6) is -0.935. The highest BCUT2D eigenvalue weighted by molar-refractivity contribution is 5.95. The van der Waals surface area contributed by atoms with E-state index in [0.717, 1.165) is 5.56 Å². The van der Waals surface area contributed by atoms with Crippen LogP contribution in [0, 0.1) is 5.92 Å². The van der Waals surface area contributed by atoms with E-state index >= 15 is 0 Å². The maximum Gasteiger partial charge on any atom is 0.329 e. The van der Waals surface area contributed by atoms with Crippen LogP contribution >= 0.6 is 0 Å². The number of hydrogen-bond acceptors (Lipinski definition) is 5. The van der Waals surface area contributed by atoms with Gasteiger partial charge in [-0.3, -0.25) is 9.59 Å². The number of rotatable bonds is 9. The van der Waals surface area contributed by atoms with Gasteiger partial charge in [0.05, 0.1) is 13.5 Å². The Balaban J connectivity index is 1.92. The number of esters is 1. The van der Waals surface area contributed by atoms with Gasteiger partial charge >= 0.3 is 5.97 Å². The van der Waals surface area contributed by atoms with Gasteiger partial charge in [-0.2, -0.15) is 0 Å². The van der Waals surface area contributed by atoms with Crippen LogP contribution in [0.25, 0.3) is 0 Å². The maximum absolute atomic E-state index is 12.6. The van der Waals surface area contributed by atoms with E-state index in [2.05, 4.69) is 10.6 Å². The molecule has 0 bridgehead atoms. The van der Waals surface area contributed by atoms with E-state index in [1.807, 2.05) is 30.3 Å². The van der Waals surface area contributed by atoms with E-state index in [-0.39, 0.29) is 18.2 Å². The van der Waals surface area contributed by atoms with Crippen LogP contribution in [0.3, 0.4) is 0 Å². The normalized spacial score (nSPS) is 12.6. The molecule has 2 aromatic carbocycles. The van der Waals surface area contributed by atoms with Crippen molar-refractivity contribution in [2.24, 2.45) is 5.92 Å². The number of carbonyl (C=O) groups excluding carboxylic acids is 3. The predicted molar refractivity (Wildman–Crippen MR) is 114 cm³/mol. The van der Waals surface area contributed by atoms with Crippen molar-refractivity contribution in [3.8, 4) is 5.75 Å². The number of amides is 2. The van der Waals surface area contributed by atoms with Crippen LogP contribution in [0.5, 0.6) is 5.75 Å². The quantitative estimate of drug-likeness (QED) is 0.618. The molecule has 0 radical (unpaired) electrons. The highest BCUT2D eigenvalue weighted by Gasteiger charge is 2.29. The Labute approximate surface area is 176 Å². The van der Waals surface area contributed by atoms with Crippen LogP contribution in [0.4, 0.5) is 5.69 Å². The summed E-state index contributed by atoms with van der Waals surface area (Å²) in [5.41, 5.74) is 1.40. The Morgan fingerprint density at radius 3 is 2.13 bits per heavy atom. The summed E-state index contributed by atoms with van der Waals surface area (Å²) in [7, 11) is 1.55. The van der Waals surface area contributed by atoms with Crippen LogP contribution in [-0.4, -0.2) is 37.0 Å². The lowest BCUT2D eigenvalue weighted by atomic mass is 10.0. The number of carbonyl (C=O) groups is 3. The second kappa shape index (κ2) is 11.0. The molecule has 2 rings (SSSR count). The van der Waals surface area contributed by atoms with Crippen LogP contribution in [-0.2, 0) is 25.5 Å². The molecule has 0 unspecified atom stereocenters. The van der Waals surface area contributed by atoms with Gasteiger partial charge in [-0.05, 0) is 42.7 Å². The van der Waals surface area contributed by atoms with E-state index in [1.54, 1.807) is 45.2 Å². The fourth-order valence-electron chi connectivity index (χ4n) is 2.72. The molecule has 0 heterocycles. The molecule has 7 heteroatoms. The molecule has 0 fully saturated rings. The largest absolute Gasteiger partial charge is 0.497 e. The number of anilines is 1. The van der Waals surface area contributed by atoms with E-state index in [4.69, 9.17) is 9.47 Å². The first kappa shape index (κ1) is 22.9. The lowest BCUT2D eigenvalue weighted by molar-refractivity contribution is -0.157. The Morgan fingerprint density at radius 1 is 0.933 bits per heavy atom. The topological polar surface area (TPSA) is 93.7 Å². The van der Waals surface area contributed by atoms with Crippen molar-refractivity contribution in [1.29, 1.82) is 0 Å². The third kappa shape index (κ3) is 6.92. The molecule has 0 aliphatic carbocycles. The summed E-state index contributed by atoms with van der Waals surface area (Å²) in [6.45, 7) is 5.09. The molecule has 0 aromatic heterocycles. The molecule has 30 heavy (non-hydrogen) atoms. The number of methoxy groups -OCH3 is 1. The SMILES string of the molecule is COc1ccc(NC(=O)[C@H](C)OC(=O)[C@@H](NC(=O)Cc2ccccc2)C(C)C)cc1. The third-order valence-electron chi connectivity index (χ3n) is 4.46. The van der Waals surface area contributed by atoms with Gasteiger partial charge in [0, 0.05) is 5.69 Å². The first-order valence-electron chi connectivity index (χ1n) is 9.79. The average Bonchev–Trinajstić information content (AvgIpc) is 2.72. The lowest BCUT2D eigenvalue weighted by Gasteiger charge is -2.23. The second-order valence-electron chi connectivity index (χ2n) is 7.25. The minimum atomic E-state index is -1.02. The zero-order valence-electron chi connectivity index (χ0n) is 17.7. The fourth-order valence-corrected chi connectivity index (χ4v) is 2.72.